The van der Waals surface area contributed by atoms with Crippen molar-refractivity contribution < 1.29 is 14.3 Å². The quantitative estimate of drug-likeness (QED) is 0.845. The number of hydrogen-bond acceptors (Lipinski definition) is 3. The van der Waals surface area contributed by atoms with Gasteiger partial charge in [-0.15, -0.1) is 11.6 Å². The molecule has 102 valence electrons. The van der Waals surface area contributed by atoms with Crippen molar-refractivity contribution in [2.45, 2.75) is 36.8 Å². The molecule has 1 aliphatic carbocycles. The molecule has 2 aliphatic rings. The number of carbonyl (C=O) groups is 1. The van der Waals surface area contributed by atoms with Crippen LogP contribution in [-0.2, 0) is 4.79 Å². The zero-order valence-electron chi connectivity index (χ0n) is 10.5. The maximum atomic E-state index is 12.1. The molecule has 1 amide bonds. The monoisotopic (exact) mass is 281 g/mol. The highest BCUT2D eigenvalue weighted by molar-refractivity contribution is 6.21. The Kier molecular flexibility index (Phi) is 3.51. The summed E-state index contributed by atoms with van der Waals surface area (Å²) in [6, 6.07) is 7.41. The van der Waals surface area contributed by atoms with E-state index in [1.54, 1.807) is 6.07 Å². The Hall–Kier alpha value is -1.42. The standard InChI is InChI=1S/C14H16ClNO3/c15-9-4-3-5-10(9)16-14(17)13-8-18-11-6-1-2-7-12(11)19-13/h1-2,6-7,9-10,13H,3-5,8H2,(H,16,17). The molecule has 1 heterocycles. The predicted molar refractivity (Wildman–Crippen MR) is 71.8 cm³/mol. The highest BCUT2D eigenvalue weighted by atomic mass is 35.5. The van der Waals surface area contributed by atoms with Crippen molar-refractivity contribution in [1.29, 1.82) is 0 Å². The third-order valence-corrected chi connectivity index (χ3v) is 4.08. The van der Waals surface area contributed by atoms with Gasteiger partial charge in [0.25, 0.3) is 5.91 Å². The first-order valence-corrected chi connectivity index (χ1v) is 7.00. The predicted octanol–water partition coefficient (Wildman–Crippen LogP) is 2.10. The van der Waals surface area contributed by atoms with E-state index in [4.69, 9.17) is 21.1 Å². The zero-order chi connectivity index (χ0) is 13.2. The molecule has 4 nitrogen and oxygen atoms in total. The summed E-state index contributed by atoms with van der Waals surface area (Å²) in [5.41, 5.74) is 0. The summed E-state index contributed by atoms with van der Waals surface area (Å²) < 4.78 is 11.2. The highest BCUT2D eigenvalue weighted by Gasteiger charge is 2.32. The lowest BCUT2D eigenvalue weighted by molar-refractivity contribution is -0.131. The average molecular weight is 282 g/mol. The second kappa shape index (κ2) is 5.29. The molecule has 0 bridgehead atoms. The molecule has 5 heteroatoms. The van der Waals surface area contributed by atoms with Crippen molar-refractivity contribution in [3.8, 4) is 11.5 Å². The second-order valence-corrected chi connectivity index (χ2v) is 5.49. The summed E-state index contributed by atoms with van der Waals surface area (Å²) in [5.74, 6) is 1.15. The fourth-order valence-corrected chi connectivity index (χ4v) is 2.85. The second-order valence-electron chi connectivity index (χ2n) is 4.93. The van der Waals surface area contributed by atoms with Crippen LogP contribution in [0.5, 0.6) is 11.5 Å². The number of para-hydroxylation sites is 2. The minimum atomic E-state index is -0.598. The van der Waals surface area contributed by atoms with Crippen LogP contribution >= 0.6 is 11.6 Å². The normalized spacial score (nSPS) is 29.0. The number of rotatable bonds is 2. The van der Waals surface area contributed by atoms with Crippen molar-refractivity contribution in [2.24, 2.45) is 0 Å². The van der Waals surface area contributed by atoms with Gasteiger partial charge in [-0.25, -0.2) is 0 Å². The van der Waals surface area contributed by atoms with E-state index in [1.807, 2.05) is 18.2 Å². The Morgan fingerprint density at radius 1 is 1.26 bits per heavy atom. The fraction of sp³-hybridized carbons (Fsp3) is 0.500. The zero-order valence-corrected chi connectivity index (χ0v) is 11.2. The van der Waals surface area contributed by atoms with Gasteiger partial charge in [0, 0.05) is 6.04 Å². The van der Waals surface area contributed by atoms with E-state index in [0.717, 1.165) is 19.3 Å². The molecule has 3 unspecified atom stereocenters. The Morgan fingerprint density at radius 2 is 2.05 bits per heavy atom. The summed E-state index contributed by atoms with van der Waals surface area (Å²) in [6.45, 7) is 0.239. The molecule has 3 atom stereocenters. The van der Waals surface area contributed by atoms with Gasteiger partial charge in [0.05, 0.1) is 5.38 Å². The summed E-state index contributed by atoms with van der Waals surface area (Å²) in [5, 5.41) is 2.98. The number of hydrogen-bond donors (Lipinski definition) is 1. The van der Waals surface area contributed by atoms with Gasteiger partial charge in [0.1, 0.15) is 6.61 Å². The van der Waals surface area contributed by atoms with Crippen LogP contribution in [0, 0.1) is 0 Å². The van der Waals surface area contributed by atoms with E-state index < -0.39 is 6.10 Å². The number of alkyl halides is 1. The van der Waals surface area contributed by atoms with Crippen LogP contribution in [0.15, 0.2) is 24.3 Å². The van der Waals surface area contributed by atoms with Crippen LogP contribution in [0.4, 0.5) is 0 Å². The average Bonchev–Trinajstić information content (AvgIpc) is 2.84. The van der Waals surface area contributed by atoms with Gasteiger partial charge < -0.3 is 14.8 Å². The van der Waals surface area contributed by atoms with Gasteiger partial charge in [0.2, 0.25) is 6.10 Å². The van der Waals surface area contributed by atoms with E-state index in [1.165, 1.54) is 0 Å². The van der Waals surface area contributed by atoms with Crippen molar-refractivity contribution in [1.82, 2.24) is 5.32 Å². The van der Waals surface area contributed by atoms with Gasteiger partial charge in [-0.05, 0) is 31.4 Å². The number of ether oxygens (including phenoxy) is 2. The Balaban J connectivity index is 1.63. The molecule has 0 aromatic heterocycles. The molecule has 1 aliphatic heterocycles. The molecule has 0 spiro atoms. The van der Waals surface area contributed by atoms with Gasteiger partial charge in [-0.1, -0.05) is 12.1 Å². The summed E-state index contributed by atoms with van der Waals surface area (Å²) in [6.07, 6.45) is 2.35. The topological polar surface area (TPSA) is 47.6 Å². The van der Waals surface area contributed by atoms with Crippen LogP contribution < -0.4 is 14.8 Å². The van der Waals surface area contributed by atoms with E-state index in [-0.39, 0.29) is 23.9 Å². The van der Waals surface area contributed by atoms with Crippen LogP contribution in [0.3, 0.4) is 0 Å². The Labute approximate surface area is 117 Å². The number of carbonyl (C=O) groups excluding carboxylic acids is 1. The van der Waals surface area contributed by atoms with Crippen LogP contribution in [0.1, 0.15) is 19.3 Å². The van der Waals surface area contributed by atoms with E-state index in [0.29, 0.717) is 11.5 Å². The molecular formula is C14H16ClNO3. The highest BCUT2D eigenvalue weighted by Crippen LogP contribution is 2.31. The van der Waals surface area contributed by atoms with Crippen molar-refractivity contribution in [2.75, 3.05) is 6.61 Å². The molecular weight excluding hydrogens is 266 g/mol. The fourth-order valence-electron chi connectivity index (χ4n) is 2.50. The maximum Gasteiger partial charge on any atom is 0.264 e. The van der Waals surface area contributed by atoms with E-state index in [2.05, 4.69) is 5.32 Å². The van der Waals surface area contributed by atoms with E-state index in [9.17, 15) is 4.79 Å². The number of benzene rings is 1. The summed E-state index contributed by atoms with van der Waals surface area (Å²) >= 11 is 6.16. The Bertz CT molecular complexity index is 480. The SMILES string of the molecule is O=C(NC1CCCC1Cl)C1COc2ccccc2O1. The summed E-state index contributed by atoms with van der Waals surface area (Å²) in [7, 11) is 0. The first-order chi connectivity index (χ1) is 9.24. The van der Waals surface area contributed by atoms with Crippen molar-refractivity contribution in [3.63, 3.8) is 0 Å². The lowest BCUT2D eigenvalue weighted by atomic mass is 10.2. The maximum absolute atomic E-state index is 12.1. The number of amides is 1. The first kappa shape index (κ1) is 12.6. The molecule has 0 saturated heterocycles. The lowest BCUT2D eigenvalue weighted by Gasteiger charge is -2.27. The third kappa shape index (κ3) is 2.63. The number of halogens is 1. The van der Waals surface area contributed by atoms with Crippen molar-refractivity contribution >= 4 is 17.5 Å². The van der Waals surface area contributed by atoms with Gasteiger partial charge in [-0.3, -0.25) is 4.79 Å². The van der Waals surface area contributed by atoms with Crippen LogP contribution in [-0.4, -0.2) is 30.0 Å². The van der Waals surface area contributed by atoms with E-state index >= 15 is 0 Å². The first-order valence-electron chi connectivity index (χ1n) is 6.57. The number of nitrogens with one attached hydrogen (secondary N) is 1. The molecule has 1 aromatic rings. The summed E-state index contributed by atoms with van der Waals surface area (Å²) in [4.78, 5) is 12.1. The largest absolute Gasteiger partial charge is 0.485 e. The number of fused-ring (bicyclic) bond motifs is 1. The molecule has 0 radical (unpaired) electrons. The molecule has 1 aromatic carbocycles. The smallest absolute Gasteiger partial charge is 0.264 e. The van der Waals surface area contributed by atoms with Gasteiger partial charge in [-0.2, -0.15) is 0 Å². The minimum Gasteiger partial charge on any atom is -0.485 e. The van der Waals surface area contributed by atoms with Crippen LogP contribution in [0.25, 0.3) is 0 Å². The van der Waals surface area contributed by atoms with Gasteiger partial charge >= 0.3 is 0 Å². The van der Waals surface area contributed by atoms with Crippen molar-refractivity contribution in [3.05, 3.63) is 24.3 Å². The van der Waals surface area contributed by atoms with Crippen LogP contribution in [0.2, 0.25) is 0 Å². The third-order valence-electron chi connectivity index (χ3n) is 3.56. The molecule has 1 fully saturated rings. The lowest BCUT2D eigenvalue weighted by Crippen LogP contribution is -2.48. The molecule has 3 rings (SSSR count). The Morgan fingerprint density at radius 3 is 2.79 bits per heavy atom. The van der Waals surface area contributed by atoms with Gasteiger partial charge in [0.15, 0.2) is 11.5 Å². The molecule has 1 N–H and O–H groups in total. The molecule has 19 heavy (non-hydrogen) atoms. The molecule has 1 saturated carbocycles. The minimum absolute atomic E-state index is 0.0285.